The van der Waals surface area contributed by atoms with E-state index in [-0.39, 0.29) is 17.7 Å². The molecule has 0 saturated carbocycles. The Morgan fingerprint density at radius 1 is 1.47 bits per heavy atom. The first kappa shape index (κ1) is 14.6. The normalized spacial score (nSPS) is 27.2. The van der Waals surface area contributed by atoms with Crippen LogP contribution < -0.4 is 5.73 Å². The highest BCUT2D eigenvalue weighted by Gasteiger charge is 2.52. The van der Waals surface area contributed by atoms with Crippen molar-refractivity contribution in [2.45, 2.75) is 38.0 Å². The molecule has 2 saturated heterocycles. The van der Waals surface area contributed by atoms with Crippen LogP contribution in [0.4, 0.5) is 4.79 Å². The van der Waals surface area contributed by atoms with Crippen LogP contribution in [0.5, 0.6) is 0 Å². The summed E-state index contributed by atoms with van der Waals surface area (Å²) in [6.45, 7) is 8.76. The Morgan fingerprint density at radius 3 is 2.58 bits per heavy atom. The van der Waals surface area contributed by atoms with Gasteiger partial charge in [-0.25, -0.2) is 4.79 Å². The number of carbonyl (C=O) groups is 1. The molecule has 0 aromatic heterocycles. The Bertz CT molecular complexity index is 348. The number of rotatable bonds is 1. The largest absolute Gasteiger partial charge is 0.444 e. The van der Waals surface area contributed by atoms with Crippen LogP contribution in [0.25, 0.3) is 0 Å². The van der Waals surface area contributed by atoms with E-state index in [9.17, 15) is 4.79 Å². The van der Waals surface area contributed by atoms with Gasteiger partial charge in [0.2, 0.25) is 0 Å². The van der Waals surface area contributed by atoms with E-state index in [2.05, 4.69) is 4.90 Å². The topological polar surface area (TPSA) is 68.0 Å². The molecular formula is C13H25N3O3. The summed E-state index contributed by atoms with van der Waals surface area (Å²) in [4.78, 5) is 16.4. The second-order valence-corrected chi connectivity index (χ2v) is 6.66. The van der Waals surface area contributed by atoms with Gasteiger partial charge in [0.1, 0.15) is 5.60 Å². The third-order valence-corrected chi connectivity index (χ3v) is 3.55. The summed E-state index contributed by atoms with van der Waals surface area (Å²) in [5, 5.41) is 0. The molecule has 1 spiro atoms. The van der Waals surface area contributed by atoms with Crippen molar-refractivity contribution in [2.75, 3.05) is 39.8 Å². The van der Waals surface area contributed by atoms with Crippen LogP contribution in [-0.4, -0.2) is 73.0 Å². The van der Waals surface area contributed by atoms with Gasteiger partial charge >= 0.3 is 6.09 Å². The Balaban J connectivity index is 2.10. The molecule has 1 amide bonds. The lowest BCUT2D eigenvalue weighted by Gasteiger charge is -2.57. The minimum atomic E-state index is -0.482. The minimum Gasteiger partial charge on any atom is -0.444 e. The molecule has 2 heterocycles. The van der Waals surface area contributed by atoms with Gasteiger partial charge in [0.05, 0.1) is 24.8 Å². The van der Waals surface area contributed by atoms with Gasteiger partial charge < -0.3 is 20.1 Å². The lowest BCUT2D eigenvalue weighted by Crippen LogP contribution is -2.76. The van der Waals surface area contributed by atoms with E-state index in [4.69, 9.17) is 15.2 Å². The van der Waals surface area contributed by atoms with Gasteiger partial charge in [0.25, 0.3) is 0 Å². The lowest BCUT2D eigenvalue weighted by atomic mass is 9.87. The Labute approximate surface area is 114 Å². The maximum absolute atomic E-state index is 12.4. The first-order chi connectivity index (χ1) is 8.76. The maximum Gasteiger partial charge on any atom is 0.411 e. The molecule has 6 heteroatoms. The number of hydrogen-bond donors (Lipinski definition) is 1. The van der Waals surface area contributed by atoms with E-state index in [0.717, 1.165) is 13.1 Å². The lowest BCUT2D eigenvalue weighted by molar-refractivity contribution is -0.154. The highest BCUT2D eigenvalue weighted by atomic mass is 16.6. The third kappa shape index (κ3) is 3.01. The van der Waals surface area contributed by atoms with Gasteiger partial charge in [-0.1, -0.05) is 0 Å². The van der Waals surface area contributed by atoms with Crippen molar-refractivity contribution < 1.29 is 14.3 Å². The Kier molecular flexibility index (Phi) is 3.77. The van der Waals surface area contributed by atoms with Crippen LogP contribution in [0.2, 0.25) is 0 Å². The zero-order chi connectivity index (χ0) is 14.3. The minimum absolute atomic E-state index is 0.0935. The van der Waals surface area contributed by atoms with Crippen molar-refractivity contribution in [2.24, 2.45) is 5.73 Å². The highest BCUT2D eigenvalue weighted by molar-refractivity contribution is 5.70. The van der Waals surface area contributed by atoms with Gasteiger partial charge in [-0.2, -0.15) is 0 Å². The van der Waals surface area contributed by atoms with E-state index < -0.39 is 5.60 Å². The summed E-state index contributed by atoms with van der Waals surface area (Å²) in [6, 6.07) is 0. The molecule has 2 N–H and O–H groups in total. The third-order valence-electron chi connectivity index (χ3n) is 3.55. The van der Waals surface area contributed by atoms with Crippen molar-refractivity contribution in [1.82, 2.24) is 9.80 Å². The number of nitrogens with zero attached hydrogens (tertiary/aromatic N) is 2. The van der Waals surface area contributed by atoms with Crippen molar-refractivity contribution in [1.29, 1.82) is 0 Å². The van der Waals surface area contributed by atoms with Crippen LogP contribution in [0.1, 0.15) is 20.8 Å². The van der Waals surface area contributed by atoms with Crippen molar-refractivity contribution in [3.05, 3.63) is 0 Å². The van der Waals surface area contributed by atoms with Crippen LogP contribution in [0.3, 0.4) is 0 Å². The summed E-state index contributed by atoms with van der Waals surface area (Å²) >= 11 is 0. The number of nitrogens with two attached hydrogens (primary N) is 1. The zero-order valence-electron chi connectivity index (χ0n) is 12.3. The van der Waals surface area contributed by atoms with E-state index >= 15 is 0 Å². The SMILES string of the molecule is CN1CC2(COC(CN)CN2C(=O)OC(C)(C)C)C1. The van der Waals surface area contributed by atoms with Crippen molar-refractivity contribution in [3.8, 4) is 0 Å². The zero-order valence-corrected chi connectivity index (χ0v) is 12.3. The monoisotopic (exact) mass is 271 g/mol. The number of likely N-dealkylation sites (N-methyl/N-ethyl adjacent to an activating group) is 1. The van der Waals surface area contributed by atoms with Gasteiger partial charge in [-0.05, 0) is 27.8 Å². The van der Waals surface area contributed by atoms with Gasteiger partial charge in [0, 0.05) is 19.6 Å². The van der Waals surface area contributed by atoms with Crippen LogP contribution in [0, 0.1) is 0 Å². The van der Waals surface area contributed by atoms with Crippen molar-refractivity contribution in [3.63, 3.8) is 0 Å². The molecule has 1 unspecified atom stereocenters. The van der Waals surface area contributed by atoms with E-state index in [1.165, 1.54) is 0 Å². The number of amides is 1. The summed E-state index contributed by atoms with van der Waals surface area (Å²) in [6.07, 6.45) is -0.355. The molecule has 19 heavy (non-hydrogen) atoms. The molecule has 2 aliphatic heterocycles. The summed E-state index contributed by atoms with van der Waals surface area (Å²) < 4.78 is 11.3. The summed E-state index contributed by atoms with van der Waals surface area (Å²) in [7, 11) is 2.04. The molecule has 0 aromatic rings. The molecule has 110 valence electrons. The number of hydrogen-bond acceptors (Lipinski definition) is 5. The first-order valence-corrected chi connectivity index (χ1v) is 6.77. The Hall–Kier alpha value is -0.850. The number of morpholine rings is 1. The Morgan fingerprint density at radius 2 is 2.11 bits per heavy atom. The molecule has 2 fully saturated rings. The molecule has 0 radical (unpaired) electrons. The first-order valence-electron chi connectivity index (χ1n) is 6.77. The molecular weight excluding hydrogens is 246 g/mol. The van der Waals surface area contributed by atoms with Crippen LogP contribution in [-0.2, 0) is 9.47 Å². The number of carbonyl (C=O) groups excluding carboxylic acids is 1. The second kappa shape index (κ2) is 4.92. The van der Waals surface area contributed by atoms with Crippen LogP contribution in [0.15, 0.2) is 0 Å². The highest BCUT2D eigenvalue weighted by Crippen LogP contribution is 2.32. The quantitative estimate of drug-likeness (QED) is 0.741. The molecule has 0 aromatic carbocycles. The molecule has 2 rings (SSSR count). The fourth-order valence-corrected chi connectivity index (χ4v) is 2.75. The van der Waals surface area contributed by atoms with Crippen molar-refractivity contribution >= 4 is 6.09 Å². The fraction of sp³-hybridized carbons (Fsp3) is 0.923. The fourth-order valence-electron chi connectivity index (χ4n) is 2.75. The average molecular weight is 271 g/mol. The predicted octanol–water partition coefficient (Wildman–Crippen LogP) is 0.265. The average Bonchev–Trinajstić information content (AvgIpc) is 2.25. The standard InChI is InChI=1S/C13H25N3O3/c1-12(2,3)19-11(17)16-6-10(5-14)18-9-13(16)7-15(4)8-13/h10H,5-9,14H2,1-4H3. The predicted molar refractivity (Wildman–Crippen MR) is 72.0 cm³/mol. The molecule has 0 bridgehead atoms. The summed E-state index contributed by atoms with van der Waals surface area (Å²) in [5.74, 6) is 0. The van der Waals surface area contributed by atoms with Crippen LogP contribution >= 0.6 is 0 Å². The summed E-state index contributed by atoms with van der Waals surface area (Å²) in [5.41, 5.74) is 4.94. The smallest absolute Gasteiger partial charge is 0.411 e. The molecule has 1 atom stereocenters. The number of ether oxygens (including phenoxy) is 2. The molecule has 2 aliphatic rings. The van der Waals surface area contributed by atoms with E-state index in [1.54, 1.807) is 0 Å². The number of likely N-dealkylation sites (tertiary alicyclic amines) is 1. The van der Waals surface area contributed by atoms with E-state index in [1.807, 2.05) is 32.7 Å². The van der Waals surface area contributed by atoms with E-state index in [0.29, 0.717) is 19.7 Å². The molecule has 6 nitrogen and oxygen atoms in total. The van der Waals surface area contributed by atoms with Gasteiger partial charge in [-0.3, -0.25) is 4.90 Å². The van der Waals surface area contributed by atoms with Gasteiger partial charge in [-0.15, -0.1) is 0 Å². The van der Waals surface area contributed by atoms with Gasteiger partial charge in [0.15, 0.2) is 0 Å². The molecule has 0 aliphatic carbocycles. The second-order valence-electron chi connectivity index (χ2n) is 6.66. The maximum atomic E-state index is 12.4.